The number of carbonyl (C=O) groups is 1. The van der Waals surface area contributed by atoms with Crippen LogP contribution in [0.4, 0.5) is 14.6 Å². The van der Waals surface area contributed by atoms with Crippen LogP contribution in [0.25, 0.3) is 10.9 Å². The number of anilines is 1. The van der Waals surface area contributed by atoms with Crippen LogP contribution >= 0.6 is 0 Å². The van der Waals surface area contributed by atoms with E-state index in [4.69, 9.17) is 6.42 Å². The van der Waals surface area contributed by atoms with Crippen LogP contribution in [-0.4, -0.2) is 15.7 Å². The highest BCUT2D eigenvalue weighted by atomic mass is 19.1. The SMILES string of the molecule is C#CCn1nc(NC(=O)c2ccc(F)cc2F)c2cccc(C3CC3)c21. The molecule has 1 heterocycles. The average molecular weight is 351 g/mol. The third kappa shape index (κ3) is 2.82. The van der Waals surface area contributed by atoms with Crippen molar-refractivity contribution in [1.29, 1.82) is 0 Å². The van der Waals surface area contributed by atoms with Crippen molar-refractivity contribution >= 4 is 22.6 Å². The molecule has 0 spiro atoms. The molecule has 4 rings (SSSR count). The lowest BCUT2D eigenvalue weighted by Crippen LogP contribution is -2.14. The lowest BCUT2D eigenvalue weighted by atomic mass is 10.1. The Morgan fingerprint density at radius 1 is 1.31 bits per heavy atom. The minimum atomic E-state index is -0.923. The zero-order chi connectivity index (χ0) is 18.3. The second-order valence-corrected chi connectivity index (χ2v) is 6.31. The Bertz CT molecular complexity index is 1060. The highest BCUT2D eigenvalue weighted by Crippen LogP contribution is 2.44. The molecule has 3 aromatic rings. The van der Waals surface area contributed by atoms with Gasteiger partial charge in [-0.1, -0.05) is 18.1 Å². The van der Waals surface area contributed by atoms with Gasteiger partial charge in [0.15, 0.2) is 5.82 Å². The number of terminal acetylenes is 1. The summed E-state index contributed by atoms with van der Waals surface area (Å²) < 4.78 is 28.6. The highest BCUT2D eigenvalue weighted by Gasteiger charge is 2.28. The summed E-state index contributed by atoms with van der Waals surface area (Å²) in [6.45, 7) is 0.265. The molecule has 1 aliphatic rings. The Morgan fingerprint density at radius 2 is 2.12 bits per heavy atom. The maximum absolute atomic E-state index is 13.9. The van der Waals surface area contributed by atoms with E-state index >= 15 is 0 Å². The minimum absolute atomic E-state index is 0.246. The van der Waals surface area contributed by atoms with Gasteiger partial charge < -0.3 is 5.32 Å². The number of carbonyl (C=O) groups excluding carboxylic acids is 1. The predicted molar refractivity (Wildman–Crippen MR) is 94.9 cm³/mol. The molecule has 1 amide bonds. The largest absolute Gasteiger partial charge is 0.304 e. The monoisotopic (exact) mass is 351 g/mol. The summed E-state index contributed by atoms with van der Waals surface area (Å²) in [5, 5.41) is 7.78. The fraction of sp³-hybridized carbons (Fsp3) is 0.200. The van der Waals surface area contributed by atoms with Crippen LogP contribution in [-0.2, 0) is 6.54 Å². The zero-order valence-corrected chi connectivity index (χ0v) is 13.8. The third-order valence-electron chi connectivity index (χ3n) is 4.47. The number of nitrogens with one attached hydrogen (secondary N) is 1. The number of hydrogen-bond acceptors (Lipinski definition) is 2. The van der Waals surface area contributed by atoms with Crippen molar-refractivity contribution in [2.24, 2.45) is 0 Å². The number of fused-ring (bicyclic) bond motifs is 1. The lowest BCUT2D eigenvalue weighted by Gasteiger charge is -2.05. The summed E-state index contributed by atoms with van der Waals surface area (Å²) in [4.78, 5) is 12.4. The molecule has 1 N–H and O–H groups in total. The standard InChI is InChI=1S/C20H15F2N3O/c1-2-10-25-18-14(12-6-7-12)4-3-5-16(18)19(24-25)23-20(26)15-9-8-13(21)11-17(15)22/h1,3-5,8-9,11-12H,6-7,10H2,(H,23,24,26). The molecule has 0 atom stereocenters. The molecule has 0 bridgehead atoms. The van der Waals surface area contributed by atoms with Crippen molar-refractivity contribution in [3.8, 4) is 12.3 Å². The van der Waals surface area contributed by atoms with Crippen molar-refractivity contribution < 1.29 is 13.6 Å². The first-order valence-electron chi connectivity index (χ1n) is 8.27. The summed E-state index contributed by atoms with van der Waals surface area (Å²) in [6.07, 6.45) is 7.67. The van der Waals surface area contributed by atoms with Crippen molar-refractivity contribution in [3.05, 3.63) is 59.2 Å². The van der Waals surface area contributed by atoms with Gasteiger partial charge in [0.2, 0.25) is 0 Å². The number of aromatic nitrogens is 2. The van der Waals surface area contributed by atoms with Gasteiger partial charge in [0.1, 0.15) is 18.2 Å². The second-order valence-electron chi connectivity index (χ2n) is 6.31. The Morgan fingerprint density at radius 3 is 2.81 bits per heavy atom. The van der Waals surface area contributed by atoms with Crippen molar-refractivity contribution in [3.63, 3.8) is 0 Å². The number of benzene rings is 2. The summed E-state index contributed by atoms with van der Waals surface area (Å²) in [7, 11) is 0. The van der Waals surface area contributed by atoms with Crippen LogP contribution in [0.5, 0.6) is 0 Å². The topological polar surface area (TPSA) is 46.9 Å². The van der Waals surface area contributed by atoms with Crippen LogP contribution in [0.1, 0.15) is 34.7 Å². The predicted octanol–water partition coefficient (Wildman–Crippen LogP) is 4.08. The molecule has 2 aromatic carbocycles. The van der Waals surface area contributed by atoms with E-state index in [0.29, 0.717) is 17.8 Å². The second kappa shape index (κ2) is 6.26. The Hall–Kier alpha value is -3.20. The van der Waals surface area contributed by atoms with E-state index in [9.17, 15) is 13.6 Å². The molecule has 1 aromatic heterocycles. The van der Waals surface area contributed by atoms with E-state index in [1.807, 2.05) is 18.2 Å². The van der Waals surface area contributed by atoms with E-state index in [0.717, 1.165) is 41.4 Å². The van der Waals surface area contributed by atoms with Gasteiger partial charge in [-0.25, -0.2) is 8.78 Å². The van der Waals surface area contributed by atoms with Crippen LogP contribution in [0.15, 0.2) is 36.4 Å². The van der Waals surface area contributed by atoms with E-state index in [-0.39, 0.29) is 12.1 Å². The molecule has 1 fully saturated rings. The number of hydrogen-bond donors (Lipinski definition) is 1. The van der Waals surface area contributed by atoms with Gasteiger partial charge in [0, 0.05) is 11.5 Å². The molecule has 1 saturated carbocycles. The first-order chi connectivity index (χ1) is 12.6. The van der Waals surface area contributed by atoms with Crippen LogP contribution in [0.3, 0.4) is 0 Å². The molecule has 1 aliphatic carbocycles. The van der Waals surface area contributed by atoms with Gasteiger partial charge in [0.25, 0.3) is 5.91 Å². The fourth-order valence-corrected chi connectivity index (χ4v) is 3.13. The smallest absolute Gasteiger partial charge is 0.259 e. The van der Waals surface area contributed by atoms with Crippen molar-refractivity contribution in [2.75, 3.05) is 5.32 Å². The van der Waals surface area contributed by atoms with Gasteiger partial charge in [0.05, 0.1) is 11.1 Å². The summed E-state index contributed by atoms with van der Waals surface area (Å²) in [5.41, 5.74) is 1.80. The minimum Gasteiger partial charge on any atom is -0.304 e. The van der Waals surface area contributed by atoms with E-state index in [2.05, 4.69) is 16.3 Å². The van der Waals surface area contributed by atoms with Crippen molar-refractivity contribution in [2.45, 2.75) is 25.3 Å². The van der Waals surface area contributed by atoms with Gasteiger partial charge in [-0.05, 0) is 42.5 Å². The molecule has 26 heavy (non-hydrogen) atoms. The molecule has 0 saturated heterocycles. The Balaban J connectivity index is 1.76. The summed E-state index contributed by atoms with van der Waals surface area (Å²) in [5.74, 6) is 1.00. The Kier molecular flexibility index (Phi) is 3.92. The highest BCUT2D eigenvalue weighted by molar-refractivity contribution is 6.08. The normalized spacial score (nSPS) is 13.6. The van der Waals surface area contributed by atoms with Crippen LogP contribution < -0.4 is 5.32 Å². The Labute approximate surface area is 148 Å². The fourth-order valence-electron chi connectivity index (χ4n) is 3.13. The number of halogens is 2. The van der Waals surface area contributed by atoms with Crippen LogP contribution in [0, 0.1) is 24.0 Å². The number of para-hydroxylation sites is 1. The van der Waals surface area contributed by atoms with E-state index < -0.39 is 17.5 Å². The van der Waals surface area contributed by atoms with Crippen molar-refractivity contribution in [1.82, 2.24) is 9.78 Å². The van der Waals surface area contributed by atoms with E-state index in [1.165, 1.54) is 0 Å². The maximum atomic E-state index is 13.9. The number of amides is 1. The first-order valence-corrected chi connectivity index (χ1v) is 8.27. The number of rotatable bonds is 4. The molecule has 6 heteroatoms. The third-order valence-corrected chi connectivity index (χ3v) is 4.47. The summed E-state index contributed by atoms with van der Waals surface area (Å²) in [6, 6.07) is 8.62. The molecule has 0 unspecified atom stereocenters. The molecule has 4 nitrogen and oxygen atoms in total. The van der Waals surface area contributed by atoms with E-state index in [1.54, 1.807) is 4.68 Å². The summed E-state index contributed by atoms with van der Waals surface area (Å²) >= 11 is 0. The molecule has 130 valence electrons. The quantitative estimate of drug-likeness (QED) is 0.720. The van der Waals surface area contributed by atoms with Gasteiger partial charge >= 0.3 is 0 Å². The molecule has 0 aliphatic heterocycles. The molecular formula is C20H15F2N3O. The number of nitrogens with zero attached hydrogens (tertiary/aromatic N) is 2. The lowest BCUT2D eigenvalue weighted by molar-refractivity contribution is 0.102. The molecular weight excluding hydrogens is 336 g/mol. The maximum Gasteiger partial charge on any atom is 0.259 e. The first kappa shape index (κ1) is 16.3. The average Bonchev–Trinajstić information content (AvgIpc) is 3.40. The van der Waals surface area contributed by atoms with Gasteiger partial charge in [-0.3, -0.25) is 9.48 Å². The zero-order valence-electron chi connectivity index (χ0n) is 13.8. The van der Waals surface area contributed by atoms with Crippen LogP contribution in [0.2, 0.25) is 0 Å². The van der Waals surface area contributed by atoms with Gasteiger partial charge in [-0.2, -0.15) is 5.10 Å². The molecule has 0 radical (unpaired) electrons. The van der Waals surface area contributed by atoms with Gasteiger partial charge in [-0.15, -0.1) is 6.42 Å².